The van der Waals surface area contributed by atoms with Crippen LogP contribution in [0.15, 0.2) is 47.4 Å². The van der Waals surface area contributed by atoms with E-state index in [9.17, 15) is 4.79 Å². The van der Waals surface area contributed by atoms with E-state index in [4.69, 9.17) is 0 Å². The van der Waals surface area contributed by atoms with Gasteiger partial charge in [-0.3, -0.25) is 4.79 Å². The molecule has 0 radical (unpaired) electrons. The SMILES string of the molecule is CSc1ccccc1NC(=O)c1ccc(C)cc1I. The normalized spacial score (nSPS) is 10.3. The van der Waals surface area contributed by atoms with Gasteiger partial charge in [-0.05, 0) is 60.0 Å². The van der Waals surface area contributed by atoms with Gasteiger partial charge in [0, 0.05) is 8.47 Å². The van der Waals surface area contributed by atoms with Crippen LogP contribution in [-0.2, 0) is 0 Å². The maximum absolute atomic E-state index is 12.3. The molecule has 0 aliphatic rings. The summed E-state index contributed by atoms with van der Waals surface area (Å²) in [5, 5.41) is 2.97. The Hall–Kier alpha value is -1.01. The summed E-state index contributed by atoms with van der Waals surface area (Å²) in [5.41, 5.74) is 2.73. The van der Waals surface area contributed by atoms with Crippen molar-refractivity contribution in [2.24, 2.45) is 0 Å². The van der Waals surface area contributed by atoms with Gasteiger partial charge in [-0.15, -0.1) is 11.8 Å². The Balaban J connectivity index is 2.26. The molecule has 2 aromatic carbocycles. The summed E-state index contributed by atoms with van der Waals surface area (Å²) in [6.07, 6.45) is 2.00. The second kappa shape index (κ2) is 6.43. The molecule has 0 saturated heterocycles. The molecule has 19 heavy (non-hydrogen) atoms. The first-order valence-electron chi connectivity index (χ1n) is 5.82. The van der Waals surface area contributed by atoms with Gasteiger partial charge in [0.25, 0.3) is 5.91 Å². The third kappa shape index (κ3) is 3.51. The van der Waals surface area contributed by atoms with Gasteiger partial charge >= 0.3 is 0 Å². The Bertz CT molecular complexity index is 613. The molecule has 0 atom stereocenters. The Morgan fingerprint density at radius 1 is 1.21 bits per heavy atom. The standard InChI is InChI=1S/C15H14INOS/c1-10-7-8-11(12(16)9-10)15(18)17-13-5-3-4-6-14(13)19-2/h3-9H,1-2H3,(H,17,18). The van der Waals surface area contributed by atoms with Gasteiger partial charge < -0.3 is 5.32 Å². The largest absolute Gasteiger partial charge is 0.321 e. The van der Waals surface area contributed by atoms with E-state index in [1.165, 1.54) is 0 Å². The van der Waals surface area contributed by atoms with Crippen molar-refractivity contribution in [3.05, 3.63) is 57.2 Å². The number of thioether (sulfide) groups is 1. The summed E-state index contributed by atoms with van der Waals surface area (Å²) in [5.74, 6) is -0.0640. The van der Waals surface area contributed by atoms with E-state index in [1.807, 2.05) is 55.6 Å². The fourth-order valence-electron chi connectivity index (χ4n) is 1.74. The Morgan fingerprint density at radius 3 is 2.63 bits per heavy atom. The van der Waals surface area contributed by atoms with Gasteiger partial charge in [-0.25, -0.2) is 0 Å². The number of hydrogen-bond acceptors (Lipinski definition) is 2. The minimum atomic E-state index is -0.0640. The van der Waals surface area contributed by atoms with Gasteiger partial charge in [0.05, 0.1) is 11.3 Å². The van der Waals surface area contributed by atoms with Crippen LogP contribution in [0.4, 0.5) is 5.69 Å². The van der Waals surface area contributed by atoms with Crippen molar-refractivity contribution in [3.63, 3.8) is 0 Å². The summed E-state index contributed by atoms with van der Waals surface area (Å²) < 4.78 is 0.969. The van der Waals surface area contributed by atoms with Crippen LogP contribution in [0.5, 0.6) is 0 Å². The molecule has 0 aliphatic carbocycles. The predicted molar refractivity (Wildman–Crippen MR) is 90.1 cm³/mol. The number of aryl methyl sites for hydroxylation is 1. The van der Waals surface area contributed by atoms with Gasteiger partial charge in [0.15, 0.2) is 0 Å². The van der Waals surface area contributed by atoms with Crippen LogP contribution in [0.1, 0.15) is 15.9 Å². The Labute approximate surface area is 131 Å². The number of hydrogen-bond donors (Lipinski definition) is 1. The number of amides is 1. The minimum Gasteiger partial charge on any atom is -0.321 e. The molecule has 0 aromatic heterocycles. The van der Waals surface area contributed by atoms with Crippen molar-refractivity contribution in [2.75, 3.05) is 11.6 Å². The van der Waals surface area contributed by atoms with Crippen LogP contribution < -0.4 is 5.32 Å². The summed E-state index contributed by atoms with van der Waals surface area (Å²) in [7, 11) is 0. The molecular weight excluding hydrogens is 369 g/mol. The lowest BCUT2D eigenvalue weighted by molar-refractivity contribution is 0.102. The van der Waals surface area contributed by atoms with Crippen LogP contribution in [0, 0.1) is 10.5 Å². The topological polar surface area (TPSA) is 29.1 Å². The van der Waals surface area contributed by atoms with Crippen molar-refractivity contribution in [1.82, 2.24) is 0 Å². The molecule has 1 amide bonds. The van der Waals surface area contributed by atoms with Crippen molar-refractivity contribution < 1.29 is 4.79 Å². The first kappa shape index (κ1) is 14.4. The quantitative estimate of drug-likeness (QED) is 0.621. The molecule has 2 nitrogen and oxygen atoms in total. The zero-order chi connectivity index (χ0) is 13.8. The molecule has 0 unspecified atom stereocenters. The predicted octanol–water partition coefficient (Wildman–Crippen LogP) is 4.57. The lowest BCUT2D eigenvalue weighted by atomic mass is 10.1. The number of para-hydroxylation sites is 1. The summed E-state index contributed by atoms with van der Waals surface area (Å²) in [6, 6.07) is 13.7. The lowest BCUT2D eigenvalue weighted by Crippen LogP contribution is -2.14. The highest BCUT2D eigenvalue weighted by atomic mass is 127. The molecule has 0 aliphatic heterocycles. The van der Waals surface area contributed by atoms with Crippen molar-refractivity contribution in [2.45, 2.75) is 11.8 Å². The van der Waals surface area contributed by atoms with E-state index in [0.29, 0.717) is 5.56 Å². The third-order valence-electron chi connectivity index (χ3n) is 2.72. The van der Waals surface area contributed by atoms with E-state index in [1.54, 1.807) is 11.8 Å². The summed E-state index contributed by atoms with van der Waals surface area (Å²) in [6.45, 7) is 2.02. The molecule has 1 N–H and O–H groups in total. The summed E-state index contributed by atoms with van der Waals surface area (Å²) >= 11 is 3.82. The van der Waals surface area contributed by atoms with Gasteiger partial charge in [-0.2, -0.15) is 0 Å². The van der Waals surface area contributed by atoms with E-state index >= 15 is 0 Å². The van der Waals surface area contributed by atoms with E-state index in [2.05, 4.69) is 27.9 Å². The third-order valence-corrected chi connectivity index (χ3v) is 4.41. The average molecular weight is 383 g/mol. The van der Waals surface area contributed by atoms with Crippen molar-refractivity contribution in [1.29, 1.82) is 0 Å². The van der Waals surface area contributed by atoms with Crippen LogP contribution in [0.2, 0.25) is 0 Å². The second-order valence-electron chi connectivity index (χ2n) is 4.14. The number of benzene rings is 2. The fourth-order valence-corrected chi connectivity index (χ4v) is 3.21. The van der Waals surface area contributed by atoms with Crippen LogP contribution in [-0.4, -0.2) is 12.2 Å². The number of rotatable bonds is 3. The highest BCUT2D eigenvalue weighted by Gasteiger charge is 2.11. The number of carbonyl (C=O) groups is 1. The number of carbonyl (C=O) groups excluding carboxylic acids is 1. The smallest absolute Gasteiger partial charge is 0.256 e. The minimum absolute atomic E-state index is 0.0640. The Morgan fingerprint density at radius 2 is 1.95 bits per heavy atom. The van der Waals surface area contributed by atoms with Crippen LogP contribution >= 0.6 is 34.4 Å². The molecule has 0 fully saturated rings. The summed E-state index contributed by atoms with van der Waals surface area (Å²) in [4.78, 5) is 13.4. The molecule has 0 saturated carbocycles. The zero-order valence-electron chi connectivity index (χ0n) is 10.7. The number of anilines is 1. The first-order valence-corrected chi connectivity index (χ1v) is 8.12. The lowest BCUT2D eigenvalue weighted by Gasteiger charge is -2.10. The molecule has 4 heteroatoms. The second-order valence-corrected chi connectivity index (χ2v) is 6.15. The van der Waals surface area contributed by atoms with Gasteiger partial charge in [0.2, 0.25) is 0 Å². The van der Waals surface area contributed by atoms with Crippen molar-refractivity contribution in [3.8, 4) is 0 Å². The van der Waals surface area contributed by atoms with E-state index in [-0.39, 0.29) is 5.91 Å². The molecular formula is C15H14INOS. The fraction of sp³-hybridized carbons (Fsp3) is 0.133. The molecule has 0 bridgehead atoms. The zero-order valence-corrected chi connectivity index (χ0v) is 13.7. The molecule has 98 valence electrons. The molecule has 0 heterocycles. The van der Waals surface area contributed by atoms with Gasteiger partial charge in [0.1, 0.15) is 0 Å². The maximum atomic E-state index is 12.3. The van der Waals surface area contributed by atoms with Gasteiger partial charge in [-0.1, -0.05) is 23.8 Å². The first-order chi connectivity index (χ1) is 9.11. The molecule has 2 rings (SSSR count). The maximum Gasteiger partial charge on any atom is 0.256 e. The van der Waals surface area contributed by atoms with Crippen LogP contribution in [0.25, 0.3) is 0 Å². The highest BCUT2D eigenvalue weighted by molar-refractivity contribution is 14.1. The highest BCUT2D eigenvalue weighted by Crippen LogP contribution is 2.25. The van der Waals surface area contributed by atoms with Crippen LogP contribution in [0.3, 0.4) is 0 Å². The molecule has 2 aromatic rings. The average Bonchev–Trinajstić information content (AvgIpc) is 2.39. The Kier molecular flexibility index (Phi) is 4.87. The monoisotopic (exact) mass is 383 g/mol. The van der Waals surface area contributed by atoms with E-state index < -0.39 is 0 Å². The van der Waals surface area contributed by atoms with Crippen molar-refractivity contribution >= 4 is 45.9 Å². The van der Waals surface area contributed by atoms with E-state index in [0.717, 1.165) is 19.7 Å². The number of nitrogens with one attached hydrogen (secondary N) is 1. The number of halogens is 1. The molecule has 0 spiro atoms.